The van der Waals surface area contributed by atoms with Crippen molar-refractivity contribution in [2.24, 2.45) is 0 Å². The second kappa shape index (κ2) is 5.27. The van der Waals surface area contributed by atoms with Crippen LogP contribution in [0.5, 0.6) is 0 Å². The quantitative estimate of drug-likeness (QED) is 0.829. The van der Waals surface area contributed by atoms with Crippen LogP contribution in [0.25, 0.3) is 0 Å². The standard InChI is InChI=1S/C16H22N2O2/c1-5-13-7-6-8-14(11-13)17-9-10-18(12(2)19)16(3,4)15(17)20/h6-8,11H,5,9-10H2,1-4H3. The van der Waals surface area contributed by atoms with E-state index in [2.05, 4.69) is 19.1 Å². The minimum absolute atomic E-state index is 0.0211. The summed E-state index contributed by atoms with van der Waals surface area (Å²) in [7, 11) is 0. The lowest BCUT2D eigenvalue weighted by Gasteiger charge is -2.45. The van der Waals surface area contributed by atoms with E-state index in [0.717, 1.165) is 12.1 Å². The molecule has 0 unspecified atom stereocenters. The van der Waals surface area contributed by atoms with E-state index in [0.29, 0.717) is 13.1 Å². The first-order valence-corrected chi connectivity index (χ1v) is 7.07. The summed E-state index contributed by atoms with van der Waals surface area (Å²) >= 11 is 0. The van der Waals surface area contributed by atoms with E-state index >= 15 is 0 Å². The van der Waals surface area contributed by atoms with Crippen molar-refractivity contribution in [3.05, 3.63) is 29.8 Å². The van der Waals surface area contributed by atoms with Crippen LogP contribution in [0.1, 0.15) is 33.3 Å². The van der Waals surface area contributed by atoms with Crippen LogP contribution in [0.3, 0.4) is 0 Å². The molecule has 1 aliphatic heterocycles. The molecular formula is C16H22N2O2. The zero-order valence-electron chi connectivity index (χ0n) is 12.6. The monoisotopic (exact) mass is 274 g/mol. The Morgan fingerprint density at radius 1 is 1.30 bits per heavy atom. The van der Waals surface area contributed by atoms with Crippen LogP contribution in [-0.4, -0.2) is 35.3 Å². The van der Waals surface area contributed by atoms with Gasteiger partial charge in [0.1, 0.15) is 5.54 Å². The Bertz CT molecular complexity index is 537. The van der Waals surface area contributed by atoms with E-state index < -0.39 is 5.54 Å². The maximum absolute atomic E-state index is 12.7. The van der Waals surface area contributed by atoms with Crippen LogP contribution in [0.2, 0.25) is 0 Å². The third kappa shape index (κ3) is 2.42. The van der Waals surface area contributed by atoms with Gasteiger partial charge in [-0.15, -0.1) is 0 Å². The van der Waals surface area contributed by atoms with Crippen LogP contribution in [0.4, 0.5) is 5.69 Å². The molecule has 0 aliphatic carbocycles. The molecule has 1 aromatic carbocycles. The molecule has 20 heavy (non-hydrogen) atoms. The number of amides is 2. The van der Waals surface area contributed by atoms with Gasteiger partial charge in [-0.1, -0.05) is 19.1 Å². The van der Waals surface area contributed by atoms with Crippen molar-refractivity contribution in [3.63, 3.8) is 0 Å². The number of hydrogen-bond acceptors (Lipinski definition) is 2. The number of carbonyl (C=O) groups is 2. The number of piperazine rings is 1. The Morgan fingerprint density at radius 2 is 2.00 bits per heavy atom. The SMILES string of the molecule is CCc1cccc(N2CCN(C(C)=O)C(C)(C)C2=O)c1. The van der Waals surface area contributed by atoms with Crippen molar-refractivity contribution in [1.82, 2.24) is 4.90 Å². The summed E-state index contributed by atoms with van der Waals surface area (Å²) in [6.07, 6.45) is 0.943. The highest BCUT2D eigenvalue weighted by atomic mass is 16.2. The number of aryl methyl sites for hydroxylation is 1. The summed E-state index contributed by atoms with van der Waals surface area (Å²) in [5.41, 5.74) is 1.35. The maximum Gasteiger partial charge on any atom is 0.252 e. The van der Waals surface area contributed by atoms with Crippen molar-refractivity contribution in [2.45, 2.75) is 39.7 Å². The zero-order valence-corrected chi connectivity index (χ0v) is 12.6. The Morgan fingerprint density at radius 3 is 2.60 bits per heavy atom. The Kier molecular flexibility index (Phi) is 3.84. The molecule has 1 aliphatic rings. The summed E-state index contributed by atoms with van der Waals surface area (Å²) in [4.78, 5) is 27.8. The molecule has 108 valence electrons. The van der Waals surface area contributed by atoms with Gasteiger partial charge >= 0.3 is 0 Å². The number of benzene rings is 1. The van der Waals surface area contributed by atoms with Gasteiger partial charge in [0, 0.05) is 25.7 Å². The highest BCUT2D eigenvalue weighted by Gasteiger charge is 2.43. The summed E-state index contributed by atoms with van der Waals surface area (Å²) in [5, 5.41) is 0. The fourth-order valence-corrected chi connectivity index (χ4v) is 2.77. The fourth-order valence-electron chi connectivity index (χ4n) is 2.77. The number of rotatable bonds is 2. The molecule has 0 radical (unpaired) electrons. The Balaban J connectivity index is 2.31. The van der Waals surface area contributed by atoms with E-state index in [1.807, 2.05) is 26.0 Å². The highest BCUT2D eigenvalue weighted by Crippen LogP contribution is 2.27. The molecular weight excluding hydrogens is 252 g/mol. The van der Waals surface area contributed by atoms with E-state index in [1.165, 1.54) is 12.5 Å². The van der Waals surface area contributed by atoms with Crippen LogP contribution >= 0.6 is 0 Å². The second-order valence-electron chi connectivity index (χ2n) is 5.71. The first kappa shape index (κ1) is 14.6. The van der Waals surface area contributed by atoms with Gasteiger partial charge in [0.25, 0.3) is 5.91 Å². The summed E-state index contributed by atoms with van der Waals surface area (Å²) < 4.78 is 0. The molecule has 0 spiro atoms. The Hall–Kier alpha value is -1.84. The van der Waals surface area contributed by atoms with E-state index in [4.69, 9.17) is 0 Å². The molecule has 4 nitrogen and oxygen atoms in total. The number of hydrogen-bond donors (Lipinski definition) is 0. The number of anilines is 1. The molecule has 1 saturated heterocycles. The molecule has 2 amide bonds. The molecule has 0 atom stereocenters. The average molecular weight is 274 g/mol. The molecule has 0 aromatic heterocycles. The predicted molar refractivity (Wildman–Crippen MR) is 79.6 cm³/mol. The van der Waals surface area contributed by atoms with Gasteiger partial charge in [-0.05, 0) is 38.0 Å². The van der Waals surface area contributed by atoms with E-state index in [-0.39, 0.29) is 11.8 Å². The molecule has 0 saturated carbocycles. The first-order chi connectivity index (χ1) is 9.37. The first-order valence-electron chi connectivity index (χ1n) is 7.07. The van der Waals surface area contributed by atoms with Gasteiger partial charge in [-0.3, -0.25) is 9.59 Å². The van der Waals surface area contributed by atoms with E-state index in [9.17, 15) is 9.59 Å². The van der Waals surface area contributed by atoms with Crippen molar-refractivity contribution < 1.29 is 9.59 Å². The summed E-state index contributed by atoms with van der Waals surface area (Å²) in [5.74, 6) is -0.0717. The van der Waals surface area contributed by atoms with Gasteiger partial charge in [0.05, 0.1) is 0 Å². The predicted octanol–water partition coefficient (Wildman–Crippen LogP) is 2.22. The number of carbonyl (C=O) groups excluding carboxylic acids is 2. The lowest BCUT2D eigenvalue weighted by molar-refractivity contribution is -0.145. The summed E-state index contributed by atoms with van der Waals surface area (Å²) in [6, 6.07) is 8.05. The summed E-state index contributed by atoms with van der Waals surface area (Å²) in [6.45, 7) is 8.36. The highest BCUT2D eigenvalue weighted by molar-refractivity contribution is 6.02. The smallest absolute Gasteiger partial charge is 0.252 e. The van der Waals surface area contributed by atoms with Crippen LogP contribution in [0, 0.1) is 0 Å². The second-order valence-corrected chi connectivity index (χ2v) is 5.71. The van der Waals surface area contributed by atoms with Gasteiger partial charge < -0.3 is 9.80 Å². The third-order valence-electron chi connectivity index (χ3n) is 4.00. The minimum atomic E-state index is -0.785. The normalized spacial score (nSPS) is 18.3. The maximum atomic E-state index is 12.7. The van der Waals surface area contributed by atoms with E-state index in [1.54, 1.807) is 9.80 Å². The number of nitrogens with zero attached hydrogens (tertiary/aromatic N) is 2. The lowest BCUT2D eigenvalue weighted by Crippen LogP contribution is -2.64. The fraction of sp³-hybridized carbons (Fsp3) is 0.500. The van der Waals surface area contributed by atoms with Crippen LogP contribution in [-0.2, 0) is 16.0 Å². The molecule has 0 bridgehead atoms. The molecule has 4 heteroatoms. The molecule has 0 N–H and O–H groups in total. The van der Waals surface area contributed by atoms with Crippen LogP contribution < -0.4 is 4.90 Å². The van der Waals surface area contributed by atoms with Crippen molar-refractivity contribution in [2.75, 3.05) is 18.0 Å². The van der Waals surface area contributed by atoms with Crippen molar-refractivity contribution >= 4 is 17.5 Å². The molecule has 1 heterocycles. The average Bonchev–Trinajstić information content (AvgIpc) is 2.41. The zero-order chi connectivity index (χ0) is 14.9. The van der Waals surface area contributed by atoms with Crippen molar-refractivity contribution in [3.8, 4) is 0 Å². The lowest BCUT2D eigenvalue weighted by atomic mass is 9.96. The molecule has 2 rings (SSSR count). The molecule has 1 fully saturated rings. The van der Waals surface area contributed by atoms with Crippen molar-refractivity contribution in [1.29, 1.82) is 0 Å². The molecule has 1 aromatic rings. The largest absolute Gasteiger partial charge is 0.327 e. The third-order valence-corrected chi connectivity index (χ3v) is 4.00. The topological polar surface area (TPSA) is 40.6 Å². The van der Waals surface area contributed by atoms with Gasteiger partial charge in [-0.2, -0.15) is 0 Å². The van der Waals surface area contributed by atoms with Crippen LogP contribution in [0.15, 0.2) is 24.3 Å². The van der Waals surface area contributed by atoms with Gasteiger partial charge in [0.2, 0.25) is 5.91 Å². The van der Waals surface area contributed by atoms with Gasteiger partial charge in [0.15, 0.2) is 0 Å². The van der Waals surface area contributed by atoms with Gasteiger partial charge in [-0.25, -0.2) is 0 Å². The minimum Gasteiger partial charge on any atom is -0.327 e. The Labute approximate surface area is 120 Å².